The van der Waals surface area contributed by atoms with Gasteiger partial charge in [0.2, 0.25) is 5.95 Å². The van der Waals surface area contributed by atoms with Gasteiger partial charge in [0, 0.05) is 26.0 Å². The van der Waals surface area contributed by atoms with Crippen LogP contribution in [0.25, 0.3) is 11.2 Å². The molecule has 1 aliphatic rings. The summed E-state index contributed by atoms with van der Waals surface area (Å²) in [5.74, 6) is 1.78. The normalized spacial score (nSPS) is 18.3. The SMILES string of the molecule is Cn1c(N2CCCC(Oc3cccnc3)C2)nc2cccnc21. The third-order valence-electron chi connectivity index (χ3n) is 4.20. The number of hydrogen-bond acceptors (Lipinski definition) is 5. The maximum absolute atomic E-state index is 6.06. The van der Waals surface area contributed by atoms with Gasteiger partial charge >= 0.3 is 0 Å². The number of rotatable bonds is 3. The minimum absolute atomic E-state index is 0.153. The Kier molecular flexibility index (Phi) is 3.57. The summed E-state index contributed by atoms with van der Waals surface area (Å²) in [7, 11) is 2.02. The van der Waals surface area contributed by atoms with Crippen molar-refractivity contribution in [3.8, 4) is 5.75 Å². The van der Waals surface area contributed by atoms with E-state index in [1.807, 2.05) is 31.3 Å². The zero-order valence-corrected chi connectivity index (χ0v) is 13.1. The predicted octanol–water partition coefficient (Wildman–Crippen LogP) is 2.41. The van der Waals surface area contributed by atoms with Crippen molar-refractivity contribution in [1.29, 1.82) is 0 Å². The number of ether oxygens (including phenoxy) is 1. The van der Waals surface area contributed by atoms with Crippen LogP contribution in [-0.4, -0.2) is 38.7 Å². The number of imidazole rings is 1. The maximum Gasteiger partial charge on any atom is 0.207 e. The molecule has 0 amide bonds. The Morgan fingerprint density at radius 1 is 1.22 bits per heavy atom. The maximum atomic E-state index is 6.06. The molecule has 0 aliphatic carbocycles. The highest BCUT2D eigenvalue weighted by molar-refractivity contribution is 5.74. The van der Waals surface area contributed by atoms with Gasteiger partial charge in [0.05, 0.1) is 12.7 Å². The highest BCUT2D eigenvalue weighted by atomic mass is 16.5. The number of nitrogens with zero attached hydrogens (tertiary/aromatic N) is 5. The van der Waals surface area contributed by atoms with Crippen LogP contribution in [0.4, 0.5) is 5.95 Å². The molecule has 1 aliphatic heterocycles. The van der Waals surface area contributed by atoms with Crippen molar-refractivity contribution in [3.05, 3.63) is 42.9 Å². The first-order valence-electron chi connectivity index (χ1n) is 7.90. The molecule has 3 aromatic heterocycles. The molecule has 1 fully saturated rings. The van der Waals surface area contributed by atoms with Gasteiger partial charge < -0.3 is 9.64 Å². The smallest absolute Gasteiger partial charge is 0.207 e. The van der Waals surface area contributed by atoms with E-state index in [2.05, 4.69) is 19.4 Å². The van der Waals surface area contributed by atoms with E-state index in [9.17, 15) is 0 Å². The van der Waals surface area contributed by atoms with Gasteiger partial charge in [-0.1, -0.05) is 0 Å². The summed E-state index contributed by atoms with van der Waals surface area (Å²) in [6.07, 6.45) is 7.61. The quantitative estimate of drug-likeness (QED) is 0.743. The highest BCUT2D eigenvalue weighted by Gasteiger charge is 2.25. The number of aromatic nitrogens is 4. The van der Waals surface area contributed by atoms with Crippen molar-refractivity contribution in [2.75, 3.05) is 18.0 Å². The fourth-order valence-corrected chi connectivity index (χ4v) is 3.12. The molecule has 6 heteroatoms. The molecule has 4 rings (SSSR count). The minimum atomic E-state index is 0.153. The van der Waals surface area contributed by atoms with E-state index >= 15 is 0 Å². The van der Waals surface area contributed by atoms with Gasteiger partial charge in [-0.3, -0.25) is 9.55 Å². The van der Waals surface area contributed by atoms with Crippen LogP contribution in [0.3, 0.4) is 0 Å². The molecular formula is C17H19N5O. The lowest BCUT2D eigenvalue weighted by molar-refractivity contribution is 0.178. The van der Waals surface area contributed by atoms with Crippen molar-refractivity contribution in [3.63, 3.8) is 0 Å². The number of fused-ring (bicyclic) bond motifs is 1. The topological polar surface area (TPSA) is 56.1 Å². The molecule has 0 spiro atoms. The highest BCUT2D eigenvalue weighted by Crippen LogP contribution is 2.24. The lowest BCUT2D eigenvalue weighted by Crippen LogP contribution is -2.42. The Morgan fingerprint density at radius 3 is 2.96 bits per heavy atom. The molecule has 1 unspecified atom stereocenters. The largest absolute Gasteiger partial charge is 0.487 e. The second-order valence-electron chi connectivity index (χ2n) is 5.83. The molecular weight excluding hydrogens is 290 g/mol. The van der Waals surface area contributed by atoms with E-state index in [0.717, 1.165) is 48.8 Å². The van der Waals surface area contributed by atoms with Crippen LogP contribution in [0.5, 0.6) is 5.75 Å². The first-order valence-corrected chi connectivity index (χ1v) is 7.90. The second-order valence-corrected chi connectivity index (χ2v) is 5.83. The molecule has 0 bridgehead atoms. The number of pyridine rings is 2. The lowest BCUT2D eigenvalue weighted by Gasteiger charge is -2.33. The van der Waals surface area contributed by atoms with Crippen molar-refractivity contribution >= 4 is 17.1 Å². The van der Waals surface area contributed by atoms with Gasteiger partial charge in [0.1, 0.15) is 17.4 Å². The molecule has 4 heterocycles. The number of anilines is 1. The first-order chi connectivity index (χ1) is 11.3. The third-order valence-corrected chi connectivity index (χ3v) is 4.20. The van der Waals surface area contributed by atoms with Crippen LogP contribution in [0, 0.1) is 0 Å². The summed E-state index contributed by atoms with van der Waals surface area (Å²) in [6, 6.07) is 7.76. The monoisotopic (exact) mass is 309 g/mol. The Bertz CT molecular complexity index is 801. The van der Waals surface area contributed by atoms with E-state index in [-0.39, 0.29) is 6.10 Å². The van der Waals surface area contributed by atoms with Crippen molar-refractivity contribution < 1.29 is 4.74 Å². The zero-order chi connectivity index (χ0) is 15.6. The van der Waals surface area contributed by atoms with E-state index < -0.39 is 0 Å². The third kappa shape index (κ3) is 2.72. The molecule has 0 radical (unpaired) electrons. The number of piperidine rings is 1. The molecule has 118 valence electrons. The van der Waals surface area contributed by atoms with Crippen molar-refractivity contribution in [2.45, 2.75) is 18.9 Å². The van der Waals surface area contributed by atoms with Crippen molar-refractivity contribution in [1.82, 2.24) is 19.5 Å². The summed E-state index contributed by atoms with van der Waals surface area (Å²) in [6.45, 7) is 1.82. The Morgan fingerprint density at radius 2 is 2.13 bits per heavy atom. The molecule has 6 nitrogen and oxygen atoms in total. The zero-order valence-electron chi connectivity index (χ0n) is 13.1. The molecule has 0 N–H and O–H groups in total. The summed E-state index contributed by atoms with van der Waals surface area (Å²) >= 11 is 0. The van der Waals surface area contributed by atoms with E-state index in [4.69, 9.17) is 9.72 Å². The van der Waals surface area contributed by atoms with Gasteiger partial charge in [-0.2, -0.15) is 0 Å². The summed E-state index contributed by atoms with van der Waals surface area (Å²) < 4.78 is 8.12. The van der Waals surface area contributed by atoms with Gasteiger partial charge in [-0.15, -0.1) is 0 Å². The first kappa shape index (κ1) is 14.0. The van der Waals surface area contributed by atoms with Crippen LogP contribution >= 0.6 is 0 Å². The van der Waals surface area contributed by atoms with Crippen molar-refractivity contribution in [2.24, 2.45) is 7.05 Å². The fourth-order valence-electron chi connectivity index (χ4n) is 3.12. The van der Waals surface area contributed by atoms with Crippen LogP contribution in [-0.2, 0) is 7.05 Å². The second kappa shape index (κ2) is 5.87. The van der Waals surface area contributed by atoms with E-state index in [1.54, 1.807) is 18.6 Å². The van der Waals surface area contributed by atoms with Gasteiger partial charge in [-0.25, -0.2) is 9.97 Å². The van der Waals surface area contributed by atoms with Crippen LogP contribution in [0.1, 0.15) is 12.8 Å². The Balaban J connectivity index is 1.55. The standard InChI is InChI=1S/C17H19N5O/c1-21-16-15(7-3-9-19-16)20-17(21)22-10-4-6-14(12-22)23-13-5-2-8-18-11-13/h2-3,5,7-9,11,14H,4,6,10,12H2,1H3. The average molecular weight is 309 g/mol. The molecule has 0 saturated carbocycles. The molecule has 1 saturated heterocycles. The summed E-state index contributed by atoms with van der Waals surface area (Å²) in [5, 5.41) is 0. The number of aryl methyl sites for hydroxylation is 1. The Hall–Kier alpha value is -2.63. The summed E-state index contributed by atoms with van der Waals surface area (Å²) in [5.41, 5.74) is 1.85. The van der Waals surface area contributed by atoms with Crippen LogP contribution in [0.2, 0.25) is 0 Å². The molecule has 3 aromatic rings. The van der Waals surface area contributed by atoms with Crippen LogP contribution in [0.15, 0.2) is 42.9 Å². The van der Waals surface area contributed by atoms with Gasteiger partial charge in [0.25, 0.3) is 0 Å². The Labute approximate surface area is 134 Å². The minimum Gasteiger partial charge on any atom is -0.487 e. The predicted molar refractivity (Wildman–Crippen MR) is 88.6 cm³/mol. The van der Waals surface area contributed by atoms with E-state index in [1.165, 1.54) is 0 Å². The van der Waals surface area contributed by atoms with Crippen LogP contribution < -0.4 is 9.64 Å². The summed E-state index contributed by atoms with van der Waals surface area (Å²) in [4.78, 5) is 15.5. The lowest BCUT2D eigenvalue weighted by atomic mass is 10.1. The van der Waals surface area contributed by atoms with Gasteiger partial charge in [-0.05, 0) is 37.1 Å². The molecule has 23 heavy (non-hydrogen) atoms. The molecule has 1 atom stereocenters. The average Bonchev–Trinajstić information content (AvgIpc) is 2.93. The number of hydrogen-bond donors (Lipinski definition) is 0. The van der Waals surface area contributed by atoms with Gasteiger partial charge in [0.15, 0.2) is 5.65 Å². The molecule has 0 aromatic carbocycles. The van der Waals surface area contributed by atoms with E-state index in [0.29, 0.717) is 0 Å². The fraction of sp³-hybridized carbons (Fsp3) is 0.353.